The van der Waals surface area contributed by atoms with Gasteiger partial charge < -0.3 is 5.73 Å². The summed E-state index contributed by atoms with van der Waals surface area (Å²) in [7, 11) is 0. The van der Waals surface area contributed by atoms with Gasteiger partial charge in [0.15, 0.2) is 0 Å². The normalized spacial score (nSPS) is 22.0. The van der Waals surface area contributed by atoms with E-state index < -0.39 is 0 Å². The van der Waals surface area contributed by atoms with Crippen molar-refractivity contribution in [3.05, 3.63) is 23.9 Å². The highest BCUT2D eigenvalue weighted by Gasteiger charge is 2.27. The molecule has 106 valence electrons. The molecule has 1 aromatic rings. The molecule has 0 aromatic carbocycles. The van der Waals surface area contributed by atoms with E-state index >= 15 is 0 Å². The molecule has 2 heterocycles. The molecular formula is C15H26N4. The van der Waals surface area contributed by atoms with Crippen molar-refractivity contribution in [2.45, 2.75) is 45.8 Å². The SMILES string of the molecule is CCC1CN(Cc2cccnc2N)CCN1C(C)C. The van der Waals surface area contributed by atoms with Crippen LogP contribution in [0, 0.1) is 0 Å². The molecule has 0 amide bonds. The summed E-state index contributed by atoms with van der Waals surface area (Å²) in [4.78, 5) is 9.28. The molecule has 1 aromatic heterocycles. The zero-order valence-corrected chi connectivity index (χ0v) is 12.3. The number of piperazine rings is 1. The largest absolute Gasteiger partial charge is 0.383 e. The average molecular weight is 262 g/mol. The molecule has 0 saturated carbocycles. The van der Waals surface area contributed by atoms with Gasteiger partial charge >= 0.3 is 0 Å². The van der Waals surface area contributed by atoms with Crippen molar-refractivity contribution in [3.63, 3.8) is 0 Å². The highest BCUT2D eigenvalue weighted by molar-refractivity contribution is 5.38. The van der Waals surface area contributed by atoms with Gasteiger partial charge in [-0.1, -0.05) is 13.0 Å². The van der Waals surface area contributed by atoms with E-state index in [1.807, 2.05) is 6.07 Å². The third-order valence-corrected chi connectivity index (χ3v) is 4.07. The first-order valence-electron chi connectivity index (χ1n) is 7.29. The molecule has 4 heteroatoms. The summed E-state index contributed by atoms with van der Waals surface area (Å²) in [6.45, 7) is 11.2. The van der Waals surface area contributed by atoms with Crippen molar-refractivity contribution in [1.82, 2.24) is 14.8 Å². The molecule has 0 aliphatic carbocycles. The Bertz CT molecular complexity index is 405. The van der Waals surface area contributed by atoms with Gasteiger partial charge in [0.2, 0.25) is 0 Å². The Labute approximate surface area is 116 Å². The lowest BCUT2D eigenvalue weighted by Crippen LogP contribution is -2.54. The zero-order chi connectivity index (χ0) is 13.8. The van der Waals surface area contributed by atoms with E-state index in [1.54, 1.807) is 6.20 Å². The van der Waals surface area contributed by atoms with Crippen LogP contribution in [0.5, 0.6) is 0 Å². The minimum absolute atomic E-state index is 0.635. The maximum atomic E-state index is 5.93. The predicted octanol–water partition coefficient (Wildman–Crippen LogP) is 1.97. The van der Waals surface area contributed by atoms with Gasteiger partial charge in [0.05, 0.1) is 0 Å². The first kappa shape index (κ1) is 14.3. The van der Waals surface area contributed by atoms with E-state index in [9.17, 15) is 0 Å². The van der Waals surface area contributed by atoms with Crippen molar-refractivity contribution in [1.29, 1.82) is 0 Å². The molecule has 0 spiro atoms. The first-order chi connectivity index (χ1) is 9.11. The summed E-state index contributed by atoms with van der Waals surface area (Å²) < 4.78 is 0. The van der Waals surface area contributed by atoms with E-state index in [2.05, 4.69) is 41.6 Å². The second-order valence-electron chi connectivity index (χ2n) is 5.68. The van der Waals surface area contributed by atoms with Gasteiger partial charge in [0.25, 0.3) is 0 Å². The van der Waals surface area contributed by atoms with Crippen LogP contribution in [0.15, 0.2) is 18.3 Å². The second kappa shape index (κ2) is 6.35. The predicted molar refractivity (Wildman–Crippen MR) is 79.8 cm³/mol. The molecule has 1 unspecified atom stereocenters. The second-order valence-corrected chi connectivity index (χ2v) is 5.68. The number of nitrogens with zero attached hydrogens (tertiary/aromatic N) is 3. The lowest BCUT2D eigenvalue weighted by atomic mass is 10.1. The van der Waals surface area contributed by atoms with Crippen LogP contribution in [0.25, 0.3) is 0 Å². The van der Waals surface area contributed by atoms with Gasteiger partial charge in [0, 0.05) is 50.0 Å². The van der Waals surface area contributed by atoms with Crippen molar-refractivity contribution in [2.75, 3.05) is 25.4 Å². The summed E-state index contributed by atoms with van der Waals surface area (Å²) in [6, 6.07) is 5.34. The topological polar surface area (TPSA) is 45.4 Å². The van der Waals surface area contributed by atoms with Crippen LogP contribution in [0.4, 0.5) is 5.82 Å². The fraction of sp³-hybridized carbons (Fsp3) is 0.667. The van der Waals surface area contributed by atoms with Gasteiger partial charge in [-0.15, -0.1) is 0 Å². The zero-order valence-electron chi connectivity index (χ0n) is 12.3. The first-order valence-corrected chi connectivity index (χ1v) is 7.29. The number of pyridine rings is 1. The van der Waals surface area contributed by atoms with Crippen molar-refractivity contribution in [3.8, 4) is 0 Å². The highest BCUT2D eigenvalue weighted by Crippen LogP contribution is 2.19. The quantitative estimate of drug-likeness (QED) is 0.901. The lowest BCUT2D eigenvalue weighted by Gasteiger charge is -2.43. The van der Waals surface area contributed by atoms with Gasteiger partial charge in [-0.05, 0) is 26.3 Å². The van der Waals surface area contributed by atoms with Crippen LogP contribution in [-0.4, -0.2) is 46.5 Å². The summed E-state index contributed by atoms with van der Waals surface area (Å²) in [5.74, 6) is 0.668. The number of nitrogen functional groups attached to an aromatic ring is 1. The fourth-order valence-electron chi connectivity index (χ4n) is 2.95. The minimum atomic E-state index is 0.635. The number of anilines is 1. The van der Waals surface area contributed by atoms with Crippen LogP contribution in [-0.2, 0) is 6.54 Å². The molecule has 2 rings (SSSR count). The molecular weight excluding hydrogens is 236 g/mol. The molecule has 1 aliphatic rings. The molecule has 0 bridgehead atoms. The third kappa shape index (κ3) is 3.45. The van der Waals surface area contributed by atoms with E-state index in [1.165, 1.54) is 6.42 Å². The van der Waals surface area contributed by atoms with Crippen LogP contribution in [0.1, 0.15) is 32.8 Å². The number of aromatic nitrogens is 1. The van der Waals surface area contributed by atoms with E-state index in [0.29, 0.717) is 17.9 Å². The molecule has 1 fully saturated rings. The van der Waals surface area contributed by atoms with Gasteiger partial charge in [-0.3, -0.25) is 9.80 Å². The lowest BCUT2D eigenvalue weighted by molar-refractivity contribution is 0.0457. The Kier molecular flexibility index (Phi) is 4.77. The minimum Gasteiger partial charge on any atom is -0.383 e. The monoisotopic (exact) mass is 262 g/mol. The molecule has 1 saturated heterocycles. The maximum Gasteiger partial charge on any atom is 0.127 e. The Balaban J connectivity index is 1.99. The molecule has 19 heavy (non-hydrogen) atoms. The van der Waals surface area contributed by atoms with Gasteiger partial charge in [-0.2, -0.15) is 0 Å². The Hall–Kier alpha value is -1.13. The number of hydrogen-bond acceptors (Lipinski definition) is 4. The van der Waals surface area contributed by atoms with E-state index in [4.69, 9.17) is 5.73 Å². The number of hydrogen-bond donors (Lipinski definition) is 1. The van der Waals surface area contributed by atoms with Crippen molar-refractivity contribution < 1.29 is 0 Å². The van der Waals surface area contributed by atoms with E-state index in [-0.39, 0.29) is 0 Å². The fourth-order valence-corrected chi connectivity index (χ4v) is 2.95. The maximum absolute atomic E-state index is 5.93. The van der Waals surface area contributed by atoms with Crippen molar-refractivity contribution in [2.24, 2.45) is 0 Å². The standard InChI is InChI=1S/C15H26N4/c1-4-14-11-18(8-9-19(14)12(2)3)10-13-6-5-7-17-15(13)16/h5-7,12,14H,4,8-11H2,1-3H3,(H2,16,17). The molecule has 1 atom stereocenters. The Morgan fingerprint density at radius 2 is 2.21 bits per heavy atom. The Morgan fingerprint density at radius 3 is 2.84 bits per heavy atom. The smallest absolute Gasteiger partial charge is 0.127 e. The van der Waals surface area contributed by atoms with Crippen LogP contribution >= 0.6 is 0 Å². The van der Waals surface area contributed by atoms with Crippen LogP contribution in [0.3, 0.4) is 0 Å². The van der Waals surface area contributed by atoms with Crippen LogP contribution < -0.4 is 5.73 Å². The van der Waals surface area contributed by atoms with Gasteiger partial charge in [0.1, 0.15) is 5.82 Å². The van der Waals surface area contributed by atoms with Crippen molar-refractivity contribution >= 4 is 5.82 Å². The molecule has 1 aliphatic heterocycles. The van der Waals surface area contributed by atoms with Crippen LogP contribution in [0.2, 0.25) is 0 Å². The highest BCUT2D eigenvalue weighted by atomic mass is 15.3. The summed E-state index contributed by atoms with van der Waals surface area (Å²) in [5.41, 5.74) is 7.08. The Morgan fingerprint density at radius 1 is 1.42 bits per heavy atom. The molecule has 0 radical (unpaired) electrons. The summed E-state index contributed by atoms with van der Waals surface area (Å²) >= 11 is 0. The summed E-state index contributed by atoms with van der Waals surface area (Å²) in [6.07, 6.45) is 2.96. The number of rotatable bonds is 4. The average Bonchev–Trinajstić information content (AvgIpc) is 2.41. The molecule has 2 N–H and O–H groups in total. The summed E-state index contributed by atoms with van der Waals surface area (Å²) in [5, 5.41) is 0. The third-order valence-electron chi connectivity index (χ3n) is 4.07. The van der Waals surface area contributed by atoms with E-state index in [0.717, 1.165) is 31.7 Å². The van der Waals surface area contributed by atoms with Gasteiger partial charge in [-0.25, -0.2) is 4.98 Å². The number of nitrogens with two attached hydrogens (primary N) is 1. The molecule has 4 nitrogen and oxygen atoms in total.